The number of hydrogen-bond donors (Lipinski definition) is 2. The Morgan fingerprint density at radius 1 is 1.00 bits per heavy atom. The van der Waals surface area contributed by atoms with E-state index < -0.39 is 0 Å². The summed E-state index contributed by atoms with van der Waals surface area (Å²) in [6, 6.07) is 3.89. The van der Waals surface area contributed by atoms with E-state index in [1.807, 2.05) is 13.8 Å². The van der Waals surface area contributed by atoms with Gasteiger partial charge in [-0.15, -0.1) is 0 Å². The number of hydrogen-bond acceptors (Lipinski definition) is 5. The Labute approximate surface area is 164 Å². The first-order chi connectivity index (χ1) is 13.3. The van der Waals surface area contributed by atoms with E-state index in [-0.39, 0.29) is 53.2 Å². The average molecular weight is 389 g/mol. The van der Waals surface area contributed by atoms with Crippen LogP contribution in [0.5, 0.6) is 11.5 Å². The van der Waals surface area contributed by atoms with Gasteiger partial charge in [-0.1, -0.05) is 0 Å². The molecule has 0 aliphatic carbocycles. The zero-order chi connectivity index (χ0) is 20.4. The van der Waals surface area contributed by atoms with Crippen molar-refractivity contribution in [2.24, 2.45) is 5.92 Å². The summed E-state index contributed by atoms with van der Waals surface area (Å²) in [5.41, 5.74) is 0.214. The molecule has 8 nitrogen and oxygen atoms in total. The Morgan fingerprint density at radius 2 is 1.61 bits per heavy atom. The summed E-state index contributed by atoms with van der Waals surface area (Å²) in [6.45, 7) is 6.15. The zero-order valence-electron chi connectivity index (χ0n) is 16.3. The Hall–Kier alpha value is -2.77. The first-order valence-corrected chi connectivity index (χ1v) is 9.67. The van der Waals surface area contributed by atoms with Gasteiger partial charge in [0, 0.05) is 56.8 Å². The van der Waals surface area contributed by atoms with Gasteiger partial charge >= 0.3 is 0 Å². The van der Waals surface area contributed by atoms with E-state index >= 15 is 0 Å². The molecule has 2 heterocycles. The fourth-order valence-electron chi connectivity index (χ4n) is 3.90. The summed E-state index contributed by atoms with van der Waals surface area (Å²) in [5, 5.41) is 19.2. The predicted molar refractivity (Wildman–Crippen MR) is 102 cm³/mol. The maximum absolute atomic E-state index is 12.9. The van der Waals surface area contributed by atoms with Gasteiger partial charge in [0.25, 0.3) is 5.91 Å². The largest absolute Gasteiger partial charge is 0.508 e. The zero-order valence-corrected chi connectivity index (χ0v) is 16.3. The number of phenolic OH excluding ortho intramolecular Hbond substituents is 2. The van der Waals surface area contributed by atoms with Crippen molar-refractivity contribution in [3.05, 3.63) is 23.8 Å². The molecule has 28 heavy (non-hydrogen) atoms. The third-order valence-electron chi connectivity index (χ3n) is 5.38. The maximum Gasteiger partial charge on any atom is 0.254 e. The third-order valence-corrected chi connectivity index (χ3v) is 5.38. The van der Waals surface area contributed by atoms with Crippen LogP contribution in [0.1, 0.15) is 37.0 Å². The van der Waals surface area contributed by atoms with Crippen molar-refractivity contribution >= 4 is 17.7 Å². The molecule has 1 aromatic rings. The van der Waals surface area contributed by atoms with E-state index in [0.717, 1.165) is 0 Å². The van der Waals surface area contributed by atoms with E-state index in [0.29, 0.717) is 39.1 Å². The maximum atomic E-state index is 12.9. The van der Waals surface area contributed by atoms with Crippen molar-refractivity contribution in [3.8, 4) is 11.5 Å². The molecular formula is C20H27N3O5. The minimum atomic E-state index is -0.319. The van der Waals surface area contributed by atoms with Crippen LogP contribution in [-0.2, 0) is 9.59 Å². The van der Waals surface area contributed by atoms with Crippen LogP contribution in [0.4, 0.5) is 0 Å². The number of benzene rings is 1. The number of carbonyl (C=O) groups excluding carboxylic acids is 3. The SMILES string of the molecule is CC(C)N1CC(C(=O)N2CCCN(C(=O)c3cc(O)cc(O)c3)CC2)CC1=O. The number of likely N-dealkylation sites (tertiary alicyclic amines) is 1. The molecule has 2 fully saturated rings. The Morgan fingerprint density at radius 3 is 2.21 bits per heavy atom. The van der Waals surface area contributed by atoms with Crippen LogP contribution in [0.25, 0.3) is 0 Å². The van der Waals surface area contributed by atoms with Crippen LogP contribution >= 0.6 is 0 Å². The van der Waals surface area contributed by atoms with Crippen LogP contribution in [0.3, 0.4) is 0 Å². The smallest absolute Gasteiger partial charge is 0.254 e. The second-order valence-corrected chi connectivity index (χ2v) is 7.75. The number of phenols is 2. The van der Waals surface area contributed by atoms with Crippen LogP contribution in [0.2, 0.25) is 0 Å². The summed E-state index contributed by atoms with van der Waals surface area (Å²) < 4.78 is 0. The van der Waals surface area contributed by atoms with Gasteiger partial charge in [0.05, 0.1) is 5.92 Å². The lowest BCUT2D eigenvalue weighted by Crippen LogP contribution is -2.41. The van der Waals surface area contributed by atoms with Crippen LogP contribution < -0.4 is 0 Å². The highest BCUT2D eigenvalue weighted by Crippen LogP contribution is 2.24. The van der Waals surface area contributed by atoms with Gasteiger partial charge in [-0.2, -0.15) is 0 Å². The standard InChI is InChI=1S/C20H27N3O5/c1-13(2)23-12-15(10-18(23)26)20(28)22-5-3-4-21(6-7-22)19(27)14-8-16(24)11-17(25)9-14/h8-9,11,13,15,24-25H,3-7,10,12H2,1-2H3. The molecule has 2 saturated heterocycles. The molecular weight excluding hydrogens is 362 g/mol. The summed E-state index contributed by atoms with van der Waals surface area (Å²) in [5.74, 6) is -0.960. The number of aromatic hydroxyl groups is 2. The fourth-order valence-corrected chi connectivity index (χ4v) is 3.90. The lowest BCUT2D eigenvalue weighted by molar-refractivity contribution is -0.135. The molecule has 2 N–H and O–H groups in total. The summed E-state index contributed by atoms with van der Waals surface area (Å²) in [7, 11) is 0. The molecule has 0 aromatic heterocycles. The van der Waals surface area contributed by atoms with Crippen molar-refractivity contribution in [1.82, 2.24) is 14.7 Å². The Balaban J connectivity index is 1.62. The molecule has 2 aliphatic rings. The molecule has 8 heteroatoms. The molecule has 1 aromatic carbocycles. The topological polar surface area (TPSA) is 101 Å². The van der Waals surface area contributed by atoms with Gasteiger partial charge in [-0.3, -0.25) is 14.4 Å². The summed E-state index contributed by atoms with van der Waals surface area (Å²) in [4.78, 5) is 42.8. The third kappa shape index (κ3) is 4.21. The van der Waals surface area contributed by atoms with E-state index in [9.17, 15) is 24.6 Å². The summed E-state index contributed by atoms with van der Waals surface area (Å²) in [6.07, 6.45) is 0.884. The summed E-state index contributed by atoms with van der Waals surface area (Å²) >= 11 is 0. The van der Waals surface area contributed by atoms with Crippen molar-refractivity contribution in [3.63, 3.8) is 0 Å². The highest BCUT2D eigenvalue weighted by atomic mass is 16.3. The van der Waals surface area contributed by atoms with Crippen LogP contribution in [-0.4, -0.2) is 81.4 Å². The van der Waals surface area contributed by atoms with Gasteiger partial charge in [0.15, 0.2) is 0 Å². The quantitative estimate of drug-likeness (QED) is 0.804. The number of rotatable bonds is 3. The van der Waals surface area contributed by atoms with Crippen molar-refractivity contribution in [2.75, 3.05) is 32.7 Å². The Kier molecular flexibility index (Phi) is 5.76. The lowest BCUT2D eigenvalue weighted by atomic mass is 10.1. The van der Waals surface area contributed by atoms with E-state index in [1.165, 1.54) is 18.2 Å². The first kappa shape index (κ1) is 20.0. The molecule has 3 rings (SSSR count). The molecule has 0 bridgehead atoms. The molecule has 3 amide bonds. The van der Waals surface area contributed by atoms with Crippen molar-refractivity contribution in [2.45, 2.75) is 32.7 Å². The van der Waals surface area contributed by atoms with Gasteiger partial charge in [0.2, 0.25) is 11.8 Å². The number of amides is 3. The van der Waals surface area contributed by atoms with E-state index in [4.69, 9.17) is 0 Å². The molecule has 0 spiro atoms. The molecule has 0 radical (unpaired) electrons. The highest BCUT2D eigenvalue weighted by molar-refractivity contribution is 5.95. The second kappa shape index (κ2) is 8.08. The first-order valence-electron chi connectivity index (χ1n) is 9.67. The molecule has 152 valence electrons. The normalized spacial score (nSPS) is 20.6. The van der Waals surface area contributed by atoms with E-state index in [1.54, 1.807) is 14.7 Å². The van der Waals surface area contributed by atoms with Crippen molar-refractivity contribution in [1.29, 1.82) is 0 Å². The predicted octanol–water partition coefficient (Wildman–Crippen LogP) is 1.03. The minimum Gasteiger partial charge on any atom is -0.508 e. The lowest BCUT2D eigenvalue weighted by Gasteiger charge is -2.25. The number of nitrogens with zero attached hydrogens (tertiary/aromatic N) is 3. The molecule has 1 atom stereocenters. The Bertz CT molecular complexity index is 759. The van der Waals surface area contributed by atoms with Gasteiger partial charge < -0.3 is 24.9 Å². The van der Waals surface area contributed by atoms with E-state index in [2.05, 4.69) is 0 Å². The fraction of sp³-hybridized carbons (Fsp3) is 0.550. The van der Waals surface area contributed by atoms with Crippen LogP contribution in [0, 0.1) is 5.92 Å². The van der Waals surface area contributed by atoms with Crippen LogP contribution in [0.15, 0.2) is 18.2 Å². The number of carbonyl (C=O) groups is 3. The van der Waals surface area contributed by atoms with Crippen molar-refractivity contribution < 1.29 is 24.6 Å². The monoisotopic (exact) mass is 389 g/mol. The molecule has 1 unspecified atom stereocenters. The minimum absolute atomic E-state index is 0.0173. The second-order valence-electron chi connectivity index (χ2n) is 7.75. The highest BCUT2D eigenvalue weighted by Gasteiger charge is 2.38. The average Bonchev–Trinajstić information content (AvgIpc) is 2.86. The molecule has 2 aliphatic heterocycles. The van der Waals surface area contributed by atoms with Gasteiger partial charge in [-0.25, -0.2) is 0 Å². The molecule has 0 saturated carbocycles. The van der Waals surface area contributed by atoms with Gasteiger partial charge in [-0.05, 0) is 32.4 Å². The van der Waals surface area contributed by atoms with Gasteiger partial charge in [0.1, 0.15) is 11.5 Å².